The van der Waals surface area contributed by atoms with Crippen LogP contribution in [0.5, 0.6) is 0 Å². The summed E-state index contributed by atoms with van der Waals surface area (Å²) in [6.07, 6.45) is 3.07. The number of nitrogens with zero attached hydrogens (tertiary/aromatic N) is 5. The number of rotatable bonds is 2. The van der Waals surface area contributed by atoms with Gasteiger partial charge in [-0.1, -0.05) is 0 Å². The summed E-state index contributed by atoms with van der Waals surface area (Å²) in [5.41, 5.74) is 4.55. The molecule has 4 heterocycles. The predicted octanol–water partition coefficient (Wildman–Crippen LogP) is 1.24. The van der Waals surface area contributed by atoms with Crippen LogP contribution in [-0.4, -0.2) is 59.6 Å². The van der Waals surface area contributed by atoms with Gasteiger partial charge in [0.2, 0.25) is 0 Å². The molecule has 126 valence electrons. The van der Waals surface area contributed by atoms with Gasteiger partial charge in [-0.25, -0.2) is 9.97 Å². The highest BCUT2D eigenvalue weighted by Crippen LogP contribution is 2.24. The van der Waals surface area contributed by atoms with E-state index in [1.54, 1.807) is 0 Å². The van der Waals surface area contributed by atoms with Crippen LogP contribution in [0, 0.1) is 6.92 Å². The zero-order chi connectivity index (χ0) is 16.5. The van der Waals surface area contributed by atoms with Crippen molar-refractivity contribution in [1.29, 1.82) is 0 Å². The number of hydrogen-bond acceptors (Lipinski definition) is 6. The van der Waals surface area contributed by atoms with E-state index in [0.29, 0.717) is 0 Å². The second-order valence-electron chi connectivity index (χ2n) is 6.71. The van der Waals surface area contributed by atoms with Crippen LogP contribution in [0.2, 0.25) is 0 Å². The Morgan fingerprint density at radius 3 is 2.67 bits per heavy atom. The fourth-order valence-electron chi connectivity index (χ4n) is 3.38. The first-order valence-corrected chi connectivity index (χ1v) is 8.67. The van der Waals surface area contributed by atoms with E-state index in [4.69, 9.17) is 0 Å². The van der Waals surface area contributed by atoms with E-state index in [9.17, 15) is 0 Å². The van der Waals surface area contributed by atoms with E-state index in [1.165, 1.54) is 11.1 Å². The van der Waals surface area contributed by atoms with Crippen LogP contribution in [0.15, 0.2) is 18.3 Å². The van der Waals surface area contributed by atoms with Crippen LogP contribution in [0.25, 0.3) is 11.4 Å². The van der Waals surface area contributed by atoms with Crippen LogP contribution >= 0.6 is 0 Å². The monoisotopic (exact) mass is 324 g/mol. The van der Waals surface area contributed by atoms with Gasteiger partial charge in [0.15, 0.2) is 0 Å². The first-order chi connectivity index (χ1) is 11.7. The number of pyridine rings is 1. The first kappa shape index (κ1) is 15.5. The van der Waals surface area contributed by atoms with Crippen molar-refractivity contribution in [3.05, 3.63) is 35.3 Å². The Balaban J connectivity index is 1.66. The molecule has 0 bridgehead atoms. The molecule has 4 rings (SSSR count). The molecule has 0 spiro atoms. The minimum Gasteiger partial charge on any atom is -0.354 e. The summed E-state index contributed by atoms with van der Waals surface area (Å²) in [5.74, 6) is 1.82. The average Bonchev–Trinajstić information content (AvgIpc) is 2.61. The Morgan fingerprint density at radius 2 is 1.83 bits per heavy atom. The highest BCUT2D eigenvalue weighted by atomic mass is 15.3. The molecule has 0 radical (unpaired) electrons. The molecule has 2 aliphatic rings. The summed E-state index contributed by atoms with van der Waals surface area (Å²) in [7, 11) is 2.17. The molecule has 24 heavy (non-hydrogen) atoms. The van der Waals surface area contributed by atoms with Gasteiger partial charge in [0, 0.05) is 45.0 Å². The summed E-state index contributed by atoms with van der Waals surface area (Å²) in [6.45, 7) is 8.07. The Hall–Kier alpha value is -2.05. The smallest absolute Gasteiger partial charge is 0.133 e. The molecule has 2 aromatic rings. The summed E-state index contributed by atoms with van der Waals surface area (Å²) in [5, 5.41) is 3.42. The maximum absolute atomic E-state index is 4.66. The van der Waals surface area contributed by atoms with Gasteiger partial charge in [-0.2, -0.15) is 0 Å². The van der Waals surface area contributed by atoms with Crippen molar-refractivity contribution in [2.75, 3.05) is 44.7 Å². The van der Waals surface area contributed by atoms with Crippen molar-refractivity contribution in [3.63, 3.8) is 0 Å². The quantitative estimate of drug-likeness (QED) is 0.897. The van der Waals surface area contributed by atoms with Gasteiger partial charge >= 0.3 is 0 Å². The van der Waals surface area contributed by atoms with Gasteiger partial charge in [0.05, 0.1) is 11.4 Å². The lowest BCUT2D eigenvalue weighted by molar-refractivity contribution is 0.312. The Labute approximate surface area is 142 Å². The van der Waals surface area contributed by atoms with Gasteiger partial charge < -0.3 is 15.1 Å². The average molecular weight is 324 g/mol. The minimum absolute atomic E-state index is 0.805. The van der Waals surface area contributed by atoms with Gasteiger partial charge in [0.1, 0.15) is 11.6 Å². The molecule has 0 atom stereocenters. The van der Waals surface area contributed by atoms with E-state index in [1.807, 2.05) is 13.1 Å². The molecule has 6 heteroatoms. The van der Waals surface area contributed by atoms with Crippen molar-refractivity contribution in [2.24, 2.45) is 0 Å². The van der Waals surface area contributed by atoms with Crippen LogP contribution in [0.3, 0.4) is 0 Å². The molecule has 0 aliphatic carbocycles. The Morgan fingerprint density at radius 1 is 1.00 bits per heavy atom. The lowest BCUT2D eigenvalue weighted by atomic mass is 10.0. The second-order valence-corrected chi connectivity index (χ2v) is 6.71. The van der Waals surface area contributed by atoms with Gasteiger partial charge in [-0.3, -0.25) is 4.98 Å². The van der Waals surface area contributed by atoms with Crippen molar-refractivity contribution in [1.82, 2.24) is 25.2 Å². The molecule has 6 nitrogen and oxygen atoms in total. The number of anilines is 1. The standard InChI is InChI=1S/C18H24N6/c1-13-21-17(10-18(22-13)24-7-5-23(2)6-8-24)16-9-15-11-19-4-3-14(15)12-20-16/h9-10,12,19H,3-8,11H2,1-2H3. The lowest BCUT2D eigenvalue weighted by Crippen LogP contribution is -2.44. The number of nitrogens with one attached hydrogen (secondary N) is 1. The zero-order valence-corrected chi connectivity index (χ0v) is 14.4. The van der Waals surface area contributed by atoms with Crippen LogP contribution in [-0.2, 0) is 13.0 Å². The highest BCUT2D eigenvalue weighted by Gasteiger charge is 2.18. The van der Waals surface area contributed by atoms with Crippen molar-refractivity contribution in [3.8, 4) is 11.4 Å². The molecule has 0 unspecified atom stereocenters. The third kappa shape index (κ3) is 3.12. The maximum Gasteiger partial charge on any atom is 0.133 e. The highest BCUT2D eigenvalue weighted by molar-refractivity contribution is 5.60. The van der Waals surface area contributed by atoms with Gasteiger partial charge in [0.25, 0.3) is 0 Å². The van der Waals surface area contributed by atoms with Gasteiger partial charge in [-0.05, 0) is 44.1 Å². The van der Waals surface area contributed by atoms with Crippen LogP contribution in [0.4, 0.5) is 5.82 Å². The van der Waals surface area contributed by atoms with Crippen LogP contribution in [0.1, 0.15) is 17.0 Å². The lowest BCUT2D eigenvalue weighted by Gasteiger charge is -2.33. The molecule has 2 aliphatic heterocycles. The van der Waals surface area contributed by atoms with Crippen LogP contribution < -0.4 is 10.2 Å². The van der Waals surface area contributed by atoms with E-state index in [-0.39, 0.29) is 0 Å². The summed E-state index contributed by atoms with van der Waals surface area (Å²) in [6, 6.07) is 4.26. The normalized spacial score (nSPS) is 18.5. The number of aromatic nitrogens is 3. The SMILES string of the molecule is Cc1nc(-c2cc3c(cn2)CCNC3)cc(N2CCN(C)CC2)n1. The molecular weight excluding hydrogens is 300 g/mol. The molecular formula is C18H24N6. The summed E-state index contributed by atoms with van der Waals surface area (Å²) in [4.78, 5) is 18.6. The van der Waals surface area contributed by atoms with Gasteiger partial charge in [-0.15, -0.1) is 0 Å². The maximum atomic E-state index is 4.66. The zero-order valence-electron chi connectivity index (χ0n) is 14.4. The molecule has 0 aromatic carbocycles. The van der Waals surface area contributed by atoms with Crippen molar-refractivity contribution < 1.29 is 0 Å². The first-order valence-electron chi connectivity index (χ1n) is 8.67. The number of fused-ring (bicyclic) bond motifs is 1. The molecule has 1 N–H and O–H groups in total. The molecule has 0 saturated carbocycles. The predicted molar refractivity (Wildman–Crippen MR) is 95.1 cm³/mol. The fourth-order valence-corrected chi connectivity index (χ4v) is 3.38. The molecule has 1 fully saturated rings. The minimum atomic E-state index is 0.805. The topological polar surface area (TPSA) is 57.2 Å². The Kier molecular flexibility index (Phi) is 4.16. The number of piperazine rings is 1. The van der Waals surface area contributed by atoms with E-state index in [0.717, 1.165) is 68.7 Å². The summed E-state index contributed by atoms with van der Waals surface area (Å²) >= 11 is 0. The van der Waals surface area contributed by atoms with E-state index < -0.39 is 0 Å². The van der Waals surface area contributed by atoms with Crippen molar-refractivity contribution >= 4 is 5.82 Å². The van der Waals surface area contributed by atoms with E-state index >= 15 is 0 Å². The second kappa shape index (κ2) is 6.45. The number of aryl methyl sites for hydroxylation is 1. The fraction of sp³-hybridized carbons (Fsp3) is 0.500. The molecule has 1 saturated heterocycles. The van der Waals surface area contributed by atoms with Crippen molar-refractivity contribution in [2.45, 2.75) is 19.9 Å². The third-order valence-corrected chi connectivity index (χ3v) is 4.88. The number of likely N-dealkylation sites (N-methyl/N-ethyl adjacent to an activating group) is 1. The van der Waals surface area contributed by atoms with E-state index in [2.05, 4.69) is 49.2 Å². The number of hydrogen-bond donors (Lipinski definition) is 1. The molecule has 0 amide bonds. The Bertz CT molecular complexity index is 736. The largest absolute Gasteiger partial charge is 0.354 e. The summed E-state index contributed by atoms with van der Waals surface area (Å²) < 4.78 is 0. The molecule has 2 aromatic heterocycles. The third-order valence-electron chi connectivity index (χ3n) is 4.88.